The molecule has 0 aromatic rings. The largest absolute Gasteiger partial charge is 0.369 e. The number of rotatable bonds is 2. The second-order valence-corrected chi connectivity index (χ2v) is 15.2. The Morgan fingerprint density at radius 1 is 0.432 bits per heavy atom. The summed E-state index contributed by atoms with van der Waals surface area (Å²) in [6.45, 7) is 17.4. The second kappa shape index (κ2) is 7.32. The fourth-order valence-electron chi connectivity index (χ4n) is 9.07. The number of hydrogen-bond acceptors (Lipinski definition) is 7. The molecule has 0 aliphatic carbocycles. The van der Waals surface area contributed by atoms with Gasteiger partial charge in [-0.05, 0) is 107 Å². The Morgan fingerprint density at radius 3 is 1.24 bits per heavy atom. The van der Waals surface area contributed by atoms with Crippen LogP contribution in [0.4, 0.5) is 0 Å². The van der Waals surface area contributed by atoms with Crippen LogP contribution in [-0.4, -0.2) is 69.6 Å². The van der Waals surface area contributed by atoms with Gasteiger partial charge < -0.3 is 33.2 Å². The van der Waals surface area contributed by atoms with Gasteiger partial charge in [0.15, 0.2) is 11.6 Å². The van der Waals surface area contributed by atoms with Crippen LogP contribution in [-0.2, 0) is 33.2 Å². The van der Waals surface area contributed by atoms with Gasteiger partial charge in [0.25, 0.3) is 0 Å². The maximum atomic E-state index is 7.01. The van der Waals surface area contributed by atoms with Crippen molar-refractivity contribution in [2.75, 3.05) is 0 Å². The SMILES string of the molecule is CC1(C)O[C@@]2(CC[C@](C)([C@H]3CC[C@@H]([C@]4(C)CC[C@]5(OC(C)(C)[C@H]6CC[C@]5(C)O6)O4)O3)O2)[C@@]2(C)CC[C@@H]1O2. The van der Waals surface area contributed by atoms with Gasteiger partial charge >= 0.3 is 0 Å². The minimum atomic E-state index is -0.718. The molecule has 7 heteroatoms. The smallest absolute Gasteiger partial charge is 0.198 e. The maximum absolute atomic E-state index is 7.01. The highest BCUT2D eigenvalue weighted by Gasteiger charge is 2.71. The van der Waals surface area contributed by atoms with Crippen LogP contribution in [0.2, 0.25) is 0 Å². The van der Waals surface area contributed by atoms with Gasteiger partial charge in [0.2, 0.25) is 0 Å². The van der Waals surface area contributed by atoms with E-state index in [1.807, 2.05) is 0 Å². The molecule has 37 heavy (non-hydrogen) atoms. The molecule has 0 unspecified atom stereocenters. The van der Waals surface area contributed by atoms with E-state index >= 15 is 0 Å². The molecule has 2 spiro atoms. The van der Waals surface area contributed by atoms with Gasteiger partial charge in [-0.15, -0.1) is 0 Å². The third kappa shape index (κ3) is 3.31. The van der Waals surface area contributed by atoms with E-state index in [4.69, 9.17) is 33.2 Å². The van der Waals surface area contributed by atoms with Crippen LogP contribution >= 0.6 is 0 Å². The Hall–Kier alpha value is -0.280. The van der Waals surface area contributed by atoms with Crippen LogP contribution in [0, 0.1) is 0 Å². The van der Waals surface area contributed by atoms with Crippen molar-refractivity contribution in [1.29, 1.82) is 0 Å². The van der Waals surface area contributed by atoms with Gasteiger partial charge in [-0.2, -0.15) is 0 Å². The first kappa shape index (κ1) is 25.7. The van der Waals surface area contributed by atoms with Crippen LogP contribution in [0.5, 0.6) is 0 Å². The van der Waals surface area contributed by atoms with E-state index in [1.54, 1.807) is 0 Å². The van der Waals surface area contributed by atoms with Crippen molar-refractivity contribution in [3.05, 3.63) is 0 Å². The monoisotopic (exact) mass is 520 g/mol. The summed E-state index contributed by atoms with van der Waals surface area (Å²) in [7, 11) is 0. The van der Waals surface area contributed by atoms with E-state index in [0.717, 1.165) is 64.2 Å². The van der Waals surface area contributed by atoms with E-state index in [9.17, 15) is 0 Å². The first-order chi connectivity index (χ1) is 17.1. The van der Waals surface area contributed by atoms with Crippen LogP contribution in [0.15, 0.2) is 0 Å². The molecule has 210 valence electrons. The van der Waals surface area contributed by atoms with Crippen molar-refractivity contribution < 1.29 is 33.2 Å². The molecule has 7 fully saturated rings. The van der Waals surface area contributed by atoms with Gasteiger partial charge in [-0.1, -0.05) is 0 Å². The molecule has 7 heterocycles. The van der Waals surface area contributed by atoms with Crippen LogP contribution in [0.1, 0.15) is 120 Å². The van der Waals surface area contributed by atoms with E-state index < -0.39 is 34.0 Å². The Morgan fingerprint density at radius 2 is 0.838 bits per heavy atom. The Balaban J connectivity index is 1.09. The van der Waals surface area contributed by atoms with Gasteiger partial charge in [0, 0.05) is 12.8 Å². The van der Waals surface area contributed by atoms with Gasteiger partial charge in [0.05, 0.1) is 46.8 Å². The Bertz CT molecular complexity index is 907. The van der Waals surface area contributed by atoms with Crippen LogP contribution in [0.25, 0.3) is 0 Å². The molecule has 0 radical (unpaired) electrons. The molecule has 0 saturated carbocycles. The van der Waals surface area contributed by atoms with Crippen molar-refractivity contribution in [1.82, 2.24) is 0 Å². The number of fused-ring (bicyclic) bond motifs is 6. The summed E-state index contributed by atoms with van der Waals surface area (Å²) in [6, 6.07) is 0. The normalized spacial score (nSPS) is 59.7. The quantitative estimate of drug-likeness (QED) is 0.472. The highest BCUT2D eigenvalue weighted by molar-refractivity contribution is 5.15. The van der Waals surface area contributed by atoms with Gasteiger partial charge in [-0.3, -0.25) is 0 Å². The standard InChI is InChI=1S/C30H48O7/c1-23(2)19-11-13-27(7,32-19)29(34-23)17-15-25(5,36-29)21-9-10-22(31-21)26(6)16-18-30(37-26)28(8)14-12-20(33-28)24(3,4)35-30/h19-22H,9-18H2,1-8H3/t19-,20+,21+,22-,25+,26-,27+,28-,29+,30-. The van der Waals surface area contributed by atoms with Crippen molar-refractivity contribution in [3.63, 3.8) is 0 Å². The minimum absolute atomic E-state index is 0.00491. The summed E-state index contributed by atoms with van der Waals surface area (Å²) in [5.41, 5.74) is -2.37. The first-order valence-corrected chi connectivity index (χ1v) is 14.9. The van der Waals surface area contributed by atoms with Crippen LogP contribution < -0.4 is 0 Å². The lowest BCUT2D eigenvalue weighted by Crippen LogP contribution is -2.65. The highest BCUT2D eigenvalue weighted by atomic mass is 16.8. The molecule has 0 aromatic heterocycles. The van der Waals surface area contributed by atoms with E-state index in [0.29, 0.717) is 0 Å². The van der Waals surface area contributed by atoms with Crippen LogP contribution in [0.3, 0.4) is 0 Å². The lowest BCUT2D eigenvalue weighted by atomic mass is 9.87. The lowest BCUT2D eigenvalue weighted by Gasteiger charge is -2.53. The molecule has 0 N–H and O–H groups in total. The highest BCUT2D eigenvalue weighted by Crippen LogP contribution is 2.61. The van der Waals surface area contributed by atoms with Gasteiger partial charge in [-0.25, -0.2) is 0 Å². The van der Waals surface area contributed by atoms with Gasteiger partial charge in [0.1, 0.15) is 11.2 Å². The van der Waals surface area contributed by atoms with E-state index in [-0.39, 0.29) is 35.6 Å². The number of ether oxygens (including phenoxy) is 7. The number of hydrogen-bond donors (Lipinski definition) is 0. The molecule has 10 atom stereocenters. The molecule has 7 nitrogen and oxygen atoms in total. The molecule has 7 aliphatic heterocycles. The van der Waals surface area contributed by atoms with E-state index in [2.05, 4.69) is 55.4 Å². The molecule has 4 bridgehead atoms. The molecular weight excluding hydrogens is 472 g/mol. The molecule has 0 aromatic carbocycles. The Labute approximate surface area is 222 Å². The average Bonchev–Trinajstić information content (AvgIpc) is 3.58. The fraction of sp³-hybridized carbons (Fsp3) is 1.00. The fourth-order valence-corrected chi connectivity index (χ4v) is 9.07. The lowest BCUT2D eigenvalue weighted by molar-refractivity contribution is -0.411. The van der Waals surface area contributed by atoms with Crippen molar-refractivity contribution in [3.8, 4) is 0 Å². The predicted octanol–water partition coefficient (Wildman–Crippen LogP) is 5.56. The zero-order valence-electron chi connectivity index (χ0n) is 24.2. The molecule has 7 rings (SSSR count). The average molecular weight is 521 g/mol. The molecular formula is C30H48O7. The maximum Gasteiger partial charge on any atom is 0.198 e. The van der Waals surface area contributed by atoms with Crippen molar-refractivity contribution >= 4 is 0 Å². The first-order valence-electron chi connectivity index (χ1n) is 14.9. The van der Waals surface area contributed by atoms with E-state index in [1.165, 1.54) is 0 Å². The third-order valence-corrected chi connectivity index (χ3v) is 11.7. The predicted molar refractivity (Wildman–Crippen MR) is 136 cm³/mol. The summed E-state index contributed by atoms with van der Waals surface area (Å²) < 4.78 is 47.7. The molecule has 0 amide bonds. The second-order valence-electron chi connectivity index (χ2n) is 15.2. The van der Waals surface area contributed by atoms with Crippen molar-refractivity contribution in [2.45, 2.75) is 189 Å². The third-order valence-electron chi connectivity index (χ3n) is 11.7. The van der Waals surface area contributed by atoms with Crippen molar-refractivity contribution in [2.24, 2.45) is 0 Å². The summed E-state index contributed by atoms with van der Waals surface area (Å²) in [5.74, 6) is -1.44. The summed E-state index contributed by atoms with van der Waals surface area (Å²) in [4.78, 5) is 0. The minimum Gasteiger partial charge on any atom is -0.369 e. The Kier molecular flexibility index (Phi) is 5.08. The molecule has 7 aliphatic rings. The zero-order chi connectivity index (χ0) is 26.3. The zero-order valence-corrected chi connectivity index (χ0v) is 24.2. The topological polar surface area (TPSA) is 64.6 Å². The summed E-state index contributed by atoms with van der Waals surface area (Å²) >= 11 is 0. The summed E-state index contributed by atoms with van der Waals surface area (Å²) in [6.07, 6.45) is 9.60. The molecule has 7 saturated heterocycles. The summed E-state index contributed by atoms with van der Waals surface area (Å²) in [5, 5.41) is 0.